The molecule has 0 amide bonds. The van der Waals surface area contributed by atoms with Crippen LogP contribution in [-0.2, 0) is 11.2 Å². The molecule has 80 valence electrons. The van der Waals surface area contributed by atoms with Gasteiger partial charge in [-0.05, 0) is 25.3 Å². The van der Waals surface area contributed by atoms with E-state index in [1.807, 2.05) is 0 Å². The van der Waals surface area contributed by atoms with Crippen molar-refractivity contribution in [3.05, 3.63) is 21.4 Å². The summed E-state index contributed by atoms with van der Waals surface area (Å²) in [4.78, 5) is 23.7. The van der Waals surface area contributed by atoms with Crippen molar-refractivity contribution in [2.24, 2.45) is 0 Å². The van der Waals surface area contributed by atoms with E-state index in [1.165, 1.54) is 11.3 Å². The smallest absolute Gasteiger partial charge is 0.348 e. The summed E-state index contributed by atoms with van der Waals surface area (Å²) in [6.45, 7) is 2.16. The van der Waals surface area contributed by atoms with Gasteiger partial charge in [0, 0.05) is 17.4 Å². The lowest BCUT2D eigenvalue weighted by atomic mass is 9.93. The van der Waals surface area contributed by atoms with E-state index >= 15 is 0 Å². The topological polar surface area (TPSA) is 43.4 Å². The van der Waals surface area contributed by atoms with E-state index in [9.17, 15) is 9.59 Å². The molecule has 0 bridgehead atoms. The Morgan fingerprint density at radius 3 is 3.07 bits per heavy atom. The quantitative estimate of drug-likeness (QED) is 0.725. The highest BCUT2D eigenvalue weighted by atomic mass is 32.1. The first-order chi connectivity index (χ1) is 7.24. The van der Waals surface area contributed by atoms with Gasteiger partial charge in [-0.1, -0.05) is 0 Å². The fourth-order valence-corrected chi connectivity index (χ4v) is 2.81. The number of hydrogen-bond donors (Lipinski definition) is 0. The average Bonchev–Trinajstić information content (AvgIpc) is 2.63. The molecule has 1 aliphatic carbocycles. The summed E-state index contributed by atoms with van der Waals surface area (Å²) in [7, 11) is 0. The predicted octanol–water partition coefficient (Wildman–Crippen LogP) is 2.44. The molecule has 1 aliphatic rings. The van der Waals surface area contributed by atoms with Crippen LogP contribution in [0.4, 0.5) is 0 Å². The first kappa shape index (κ1) is 10.4. The summed E-state index contributed by atoms with van der Waals surface area (Å²) >= 11 is 1.32. The number of ether oxygens (including phenoxy) is 1. The Labute approximate surface area is 92.1 Å². The third-order valence-electron chi connectivity index (χ3n) is 2.49. The van der Waals surface area contributed by atoms with E-state index in [2.05, 4.69) is 0 Å². The largest absolute Gasteiger partial charge is 0.462 e. The highest BCUT2D eigenvalue weighted by Crippen LogP contribution is 2.30. The molecule has 0 atom stereocenters. The molecule has 2 rings (SSSR count). The number of hydrogen-bond acceptors (Lipinski definition) is 4. The number of thiophene rings is 1. The van der Waals surface area contributed by atoms with E-state index in [-0.39, 0.29) is 11.8 Å². The molecule has 15 heavy (non-hydrogen) atoms. The van der Waals surface area contributed by atoms with E-state index in [1.54, 1.807) is 12.3 Å². The maximum Gasteiger partial charge on any atom is 0.348 e. The van der Waals surface area contributed by atoms with E-state index in [0.717, 1.165) is 24.0 Å². The zero-order valence-electron chi connectivity index (χ0n) is 8.54. The maximum atomic E-state index is 11.6. The molecule has 0 spiro atoms. The van der Waals surface area contributed by atoms with Gasteiger partial charge < -0.3 is 4.74 Å². The van der Waals surface area contributed by atoms with Crippen LogP contribution in [0.15, 0.2) is 5.38 Å². The van der Waals surface area contributed by atoms with Crippen LogP contribution < -0.4 is 0 Å². The molecule has 0 aliphatic heterocycles. The minimum Gasteiger partial charge on any atom is -0.462 e. The summed E-state index contributed by atoms with van der Waals surface area (Å²) < 4.78 is 4.95. The fourth-order valence-electron chi connectivity index (χ4n) is 1.79. The Hall–Kier alpha value is -1.16. The molecule has 4 heteroatoms. The number of ketones is 1. The Balaban J connectivity index is 2.34. The average molecular weight is 224 g/mol. The molecule has 0 saturated heterocycles. The molecule has 0 unspecified atom stereocenters. The van der Waals surface area contributed by atoms with Gasteiger partial charge in [-0.3, -0.25) is 4.79 Å². The zero-order chi connectivity index (χ0) is 10.8. The van der Waals surface area contributed by atoms with Gasteiger partial charge in [0.05, 0.1) is 6.61 Å². The monoisotopic (exact) mass is 224 g/mol. The van der Waals surface area contributed by atoms with Crippen LogP contribution in [0, 0.1) is 0 Å². The highest BCUT2D eigenvalue weighted by molar-refractivity contribution is 7.12. The highest BCUT2D eigenvalue weighted by Gasteiger charge is 2.25. The summed E-state index contributed by atoms with van der Waals surface area (Å²) in [5.41, 5.74) is 1.63. The molecule has 0 N–H and O–H groups in total. The molecule has 1 aromatic heterocycles. The van der Waals surface area contributed by atoms with Crippen molar-refractivity contribution in [1.82, 2.24) is 0 Å². The number of rotatable bonds is 2. The Morgan fingerprint density at radius 1 is 1.53 bits per heavy atom. The third kappa shape index (κ3) is 1.81. The van der Waals surface area contributed by atoms with Gasteiger partial charge in [-0.2, -0.15) is 0 Å². The first-order valence-corrected chi connectivity index (χ1v) is 5.92. The molecule has 0 saturated carbocycles. The van der Waals surface area contributed by atoms with Crippen LogP contribution in [-0.4, -0.2) is 18.4 Å². The molecule has 1 aromatic rings. The van der Waals surface area contributed by atoms with Gasteiger partial charge in [0.1, 0.15) is 4.88 Å². The standard InChI is InChI=1S/C11H12O3S/c1-2-14-11(13)10-7-4-3-5-9(12)8(7)6-15-10/h6H,2-5H2,1H3. The van der Waals surface area contributed by atoms with Crippen LogP contribution >= 0.6 is 11.3 Å². The lowest BCUT2D eigenvalue weighted by Crippen LogP contribution is -2.12. The molecule has 3 nitrogen and oxygen atoms in total. The van der Waals surface area contributed by atoms with Gasteiger partial charge in [-0.15, -0.1) is 11.3 Å². The number of fused-ring (bicyclic) bond motifs is 1. The van der Waals surface area contributed by atoms with Gasteiger partial charge in [0.25, 0.3) is 0 Å². The molecular weight excluding hydrogens is 212 g/mol. The second-order valence-corrected chi connectivity index (χ2v) is 4.33. The summed E-state index contributed by atoms with van der Waals surface area (Å²) in [6.07, 6.45) is 2.26. The summed E-state index contributed by atoms with van der Waals surface area (Å²) in [5.74, 6) is -0.138. The van der Waals surface area contributed by atoms with Crippen LogP contribution in [0.1, 0.15) is 45.4 Å². The Kier molecular flexibility index (Phi) is 2.86. The zero-order valence-corrected chi connectivity index (χ0v) is 9.36. The maximum absolute atomic E-state index is 11.6. The molecule has 0 radical (unpaired) electrons. The summed E-state index contributed by atoms with van der Waals surface area (Å²) in [6, 6.07) is 0. The molecule has 0 fully saturated rings. The van der Waals surface area contributed by atoms with Crippen LogP contribution in [0.3, 0.4) is 0 Å². The molecule has 1 heterocycles. The minimum atomic E-state index is -0.293. The lowest BCUT2D eigenvalue weighted by Gasteiger charge is -2.11. The van der Waals surface area contributed by atoms with Gasteiger partial charge in [-0.25, -0.2) is 4.79 Å². The number of esters is 1. The van der Waals surface area contributed by atoms with Crippen LogP contribution in [0.25, 0.3) is 0 Å². The van der Waals surface area contributed by atoms with E-state index in [0.29, 0.717) is 17.9 Å². The van der Waals surface area contributed by atoms with Crippen molar-refractivity contribution >= 4 is 23.1 Å². The van der Waals surface area contributed by atoms with Crippen LogP contribution in [0.2, 0.25) is 0 Å². The number of carbonyl (C=O) groups excluding carboxylic acids is 2. The second-order valence-electron chi connectivity index (χ2n) is 3.45. The molecular formula is C11H12O3S. The Bertz CT molecular complexity index is 406. The second kappa shape index (κ2) is 4.14. The number of Topliss-reactive ketones (excluding diaryl/α,β-unsaturated/α-hetero) is 1. The number of carbonyl (C=O) groups is 2. The van der Waals surface area contributed by atoms with Gasteiger partial charge in [0.2, 0.25) is 0 Å². The van der Waals surface area contributed by atoms with Crippen molar-refractivity contribution < 1.29 is 14.3 Å². The van der Waals surface area contributed by atoms with Crippen LogP contribution in [0.5, 0.6) is 0 Å². The third-order valence-corrected chi connectivity index (χ3v) is 3.49. The van der Waals surface area contributed by atoms with E-state index < -0.39 is 0 Å². The minimum absolute atomic E-state index is 0.156. The Morgan fingerprint density at radius 2 is 2.33 bits per heavy atom. The van der Waals surface area contributed by atoms with Crippen molar-refractivity contribution in [2.75, 3.05) is 6.61 Å². The lowest BCUT2D eigenvalue weighted by molar-refractivity contribution is 0.0531. The van der Waals surface area contributed by atoms with Crippen molar-refractivity contribution in [2.45, 2.75) is 26.2 Å². The summed E-state index contributed by atoms with van der Waals surface area (Å²) in [5, 5.41) is 1.78. The fraction of sp³-hybridized carbons (Fsp3) is 0.455. The van der Waals surface area contributed by atoms with Gasteiger partial charge in [0.15, 0.2) is 5.78 Å². The first-order valence-electron chi connectivity index (χ1n) is 5.04. The predicted molar refractivity (Wildman–Crippen MR) is 57.5 cm³/mol. The van der Waals surface area contributed by atoms with E-state index in [4.69, 9.17) is 4.74 Å². The molecule has 0 aromatic carbocycles. The van der Waals surface area contributed by atoms with Crippen molar-refractivity contribution in [3.63, 3.8) is 0 Å². The van der Waals surface area contributed by atoms with Gasteiger partial charge >= 0.3 is 5.97 Å². The van der Waals surface area contributed by atoms with Crippen molar-refractivity contribution in [1.29, 1.82) is 0 Å². The van der Waals surface area contributed by atoms with Crippen molar-refractivity contribution in [3.8, 4) is 0 Å². The normalized spacial score (nSPS) is 14.9. The SMILES string of the molecule is CCOC(=O)c1scc2c1CCCC2=O.